The van der Waals surface area contributed by atoms with Crippen LogP contribution in [-0.4, -0.2) is 20.1 Å². The highest BCUT2D eigenvalue weighted by Gasteiger charge is 2.21. The van der Waals surface area contributed by atoms with Crippen molar-refractivity contribution in [1.29, 1.82) is 0 Å². The van der Waals surface area contributed by atoms with Crippen molar-refractivity contribution in [3.63, 3.8) is 0 Å². The van der Waals surface area contributed by atoms with Gasteiger partial charge in [-0.25, -0.2) is 0 Å². The number of rotatable bonds is 6. The maximum absolute atomic E-state index is 12.7. The molecule has 0 aliphatic heterocycles. The van der Waals surface area contributed by atoms with Gasteiger partial charge in [-0.15, -0.1) is 11.3 Å². The minimum Gasteiger partial charge on any atom is -0.495 e. The van der Waals surface area contributed by atoms with Crippen LogP contribution in [0.5, 0.6) is 11.5 Å². The molecule has 23 heavy (non-hydrogen) atoms. The molecule has 124 valence electrons. The maximum atomic E-state index is 12.7. The van der Waals surface area contributed by atoms with Crippen LogP contribution in [0.2, 0.25) is 0 Å². The molecule has 0 bridgehead atoms. The molecule has 0 fully saturated rings. The van der Waals surface area contributed by atoms with Crippen LogP contribution in [0.3, 0.4) is 0 Å². The number of carbonyl (C=O) groups excluding carboxylic acids is 1. The third-order valence-corrected chi connectivity index (χ3v) is 5.25. The predicted octanol–water partition coefficient (Wildman–Crippen LogP) is 4.65. The first kappa shape index (κ1) is 17.8. The summed E-state index contributed by atoms with van der Waals surface area (Å²) in [4.78, 5) is 13.8. The van der Waals surface area contributed by atoms with E-state index < -0.39 is 0 Å². The van der Waals surface area contributed by atoms with E-state index in [0.717, 1.165) is 4.88 Å². The Morgan fingerprint density at radius 1 is 1.22 bits per heavy atom. The highest BCUT2D eigenvalue weighted by molar-refractivity contribution is 9.10. The third kappa shape index (κ3) is 4.06. The highest BCUT2D eigenvalue weighted by Crippen LogP contribution is 2.36. The second-order valence-electron chi connectivity index (χ2n) is 5.41. The summed E-state index contributed by atoms with van der Waals surface area (Å²) in [7, 11) is 3.12. The van der Waals surface area contributed by atoms with Crippen LogP contribution in [0.4, 0.5) is 0 Å². The molecule has 1 atom stereocenters. The Balaban J connectivity index is 2.29. The van der Waals surface area contributed by atoms with Crippen molar-refractivity contribution in [2.75, 3.05) is 14.2 Å². The first-order chi connectivity index (χ1) is 11.0. The van der Waals surface area contributed by atoms with Crippen LogP contribution in [-0.2, 0) is 0 Å². The third-order valence-electron chi connectivity index (χ3n) is 3.51. The summed E-state index contributed by atoms with van der Waals surface area (Å²) in [6.45, 7) is 4.18. The molecule has 1 aromatic carbocycles. The van der Waals surface area contributed by atoms with E-state index in [-0.39, 0.29) is 17.9 Å². The summed E-state index contributed by atoms with van der Waals surface area (Å²) >= 11 is 5.05. The Bertz CT molecular complexity index is 645. The second kappa shape index (κ2) is 7.84. The zero-order chi connectivity index (χ0) is 17.0. The fourth-order valence-electron chi connectivity index (χ4n) is 2.26. The normalized spacial score (nSPS) is 12.1. The zero-order valence-electron chi connectivity index (χ0n) is 13.6. The van der Waals surface area contributed by atoms with E-state index in [2.05, 4.69) is 35.1 Å². The molecule has 0 radical (unpaired) electrons. The first-order valence-electron chi connectivity index (χ1n) is 7.23. The summed E-state index contributed by atoms with van der Waals surface area (Å²) in [5.41, 5.74) is 0.504. The van der Waals surface area contributed by atoms with Gasteiger partial charge in [-0.3, -0.25) is 4.79 Å². The van der Waals surface area contributed by atoms with Crippen molar-refractivity contribution >= 4 is 33.2 Å². The fraction of sp³-hybridized carbons (Fsp3) is 0.353. The van der Waals surface area contributed by atoms with Crippen molar-refractivity contribution in [2.45, 2.75) is 19.9 Å². The lowest BCUT2D eigenvalue weighted by atomic mass is 10.0. The van der Waals surface area contributed by atoms with Gasteiger partial charge in [0.2, 0.25) is 0 Å². The van der Waals surface area contributed by atoms with Crippen LogP contribution in [0, 0.1) is 5.92 Å². The number of nitrogens with one attached hydrogen (secondary N) is 1. The second-order valence-corrected chi connectivity index (χ2v) is 7.18. The summed E-state index contributed by atoms with van der Waals surface area (Å²) in [5, 5.41) is 5.12. The number of hydrogen-bond donors (Lipinski definition) is 1. The maximum Gasteiger partial charge on any atom is 0.252 e. The van der Waals surface area contributed by atoms with Gasteiger partial charge in [-0.05, 0) is 45.4 Å². The monoisotopic (exact) mass is 397 g/mol. The minimum atomic E-state index is -0.152. The highest BCUT2D eigenvalue weighted by atomic mass is 79.9. The summed E-state index contributed by atoms with van der Waals surface area (Å²) in [6, 6.07) is 7.41. The van der Waals surface area contributed by atoms with Crippen LogP contribution in [0.1, 0.15) is 35.1 Å². The number of benzene rings is 1. The van der Waals surface area contributed by atoms with Crippen LogP contribution >= 0.6 is 27.3 Å². The SMILES string of the molecule is COc1cc(C(=O)N[C@H](c2cccs2)C(C)C)cc(OC)c1Br. The van der Waals surface area contributed by atoms with Crippen molar-refractivity contribution in [3.8, 4) is 11.5 Å². The molecule has 1 amide bonds. The Labute approximate surface area is 148 Å². The molecule has 0 aliphatic rings. The summed E-state index contributed by atoms with van der Waals surface area (Å²) in [5.74, 6) is 1.26. The quantitative estimate of drug-likeness (QED) is 0.770. The number of ether oxygens (including phenoxy) is 2. The largest absolute Gasteiger partial charge is 0.495 e. The van der Waals surface area contributed by atoms with E-state index in [9.17, 15) is 4.79 Å². The molecule has 1 N–H and O–H groups in total. The summed E-state index contributed by atoms with van der Waals surface area (Å²) in [6.07, 6.45) is 0. The zero-order valence-corrected chi connectivity index (χ0v) is 16.0. The van der Waals surface area contributed by atoms with E-state index in [0.29, 0.717) is 21.5 Å². The molecule has 0 aliphatic carbocycles. The average Bonchev–Trinajstić information content (AvgIpc) is 3.06. The minimum absolute atomic E-state index is 0.0249. The van der Waals surface area contributed by atoms with Crippen molar-refractivity contribution in [3.05, 3.63) is 44.6 Å². The van der Waals surface area contributed by atoms with Gasteiger partial charge < -0.3 is 14.8 Å². The molecular weight excluding hydrogens is 378 g/mol. The molecule has 0 saturated heterocycles. The topological polar surface area (TPSA) is 47.6 Å². The molecular formula is C17H20BrNO3S. The molecule has 6 heteroatoms. The number of amides is 1. The van der Waals surface area contributed by atoms with E-state index in [1.54, 1.807) is 37.7 Å². The number of thiophene rings is 1. The van der Waals surface area contributed by atoms with Crippen LogP contribution in [0.15, 0.2) is 34.1 Å². The van der Waals surface area contributed by atoms with Crippen molar-refractivity contribution in [1.82, 2.24) is 5.32 Å². The van der Waals surface area contributed by atoms with Gasteiger partial charge >= 0.3 is 0 Å². The van der Waals surface area contributed by atoms with E-state index in [4.69, 9.17) is 9.47 Å². The Morgan fingerprint density at radius 3 is 2.26 bits per heavy atom. The molecule has 2 rings (SSSR count). The fourth-order valence-corrected chi connectivity index (χ4v) is 3.76. The Kier molecular flexibility index (Phi) is 6.07. The van der Waals surface area contributed by atoms with Gasteiger partial charge in [0, 0.05) is 10.4 Å². The molecule has 0 spiro atoms. The standard InChI is InChI=1S/C17H20BrNO3S/c1-10(2)16(14-6-5-7-23-14)19-17(20)11-8-12(21-3)15(18)13(9-11)22-4/h5-10,16H,1-4H3,(H,19,20)/t16-/m0/s1. The first-order valence-corrected chi connectivity index (χ1v) is 8.91. The molecule has 0 unspecified atom stereocenters. The number of methoxy groups -OCH3 is 2. The van der Waals surface area contributed by atoms with Crippen molar-refractivity contribution in [2.24, 2.45) is 5.92 Å². The number of halogens is 1. The molecule has 1 heterocycles. The van der Waals surface area contributed by atoms with Gasteiger partial charge in [0.05, 0.1) is 20.3 Å². The lowest BCUT2D eigenvalue weighted by Gasteiger charge is -2.21. The Hall–Kier alpha value is -1.53. The predicted molar refractivity (Wildman–Crippen MR) is 96.6 cm³/mol. The molecule has 1 aromatic heterocycles. The van der Waals surface area contributed by atoms with Gasteiger partial charge in [-0.1, -0.05) is 19.9 Å². The molecule has 2 aromatic rings. The number of carbonyl (C=O) groups is 1. The van der Waals surface area contributed by atoms with Crippen molar-refractivity contribution < 1.29 is 14.3 Å². The Morgan fingerprint density at radius 2 is 1.83 bits per heavy atom. The molecule has 4 nitrogen and oxygen atoms in total. The van der Waals surface area contributed by atoms with Gasteiger partial charge in [-0.2, -0.15) is 0 Å². The van der Waals surface area contributed by atoms with E-state index in [1.165, 1.54) is 0 Å². The summed E-state index contributed by atoms with van der Waals surface area (Å²) < 4.78 is 11.3. The number of hydrogen-bond acceptors (Lipinski definition) is 4. The van der Waals surface area contributed by atoms with Crippen LogP contribution < -0.4 is 14.8 Å². The van der Waals surface area contributed by atoms with E-state index in [1.807, 2.05) is 17.5 Å². The van der Waals surface area contributed by atoms with E-state index >= 15 is 0 Å². The molecule has 0 saturated carbocycles. The van der Waals surface area contributed by atoms with Gasteiger partial charge in [0.15, 0.2) is 0 Å². The van der Waals surface area contributed by atoms with Gasteiger partial charge in [0.25, 0.3) is 5.91 Å². The smallest absolute Gasteiger partial charge is 0.252 e. The average molecular weight is 398 g/mol. The van der Waals surface area contributed by atoms with Gasteiger partial charge in [0.1, 0.15) is 16.0 Å². The van der Waals surface area contributed by atoms with Crippen LogP contribution in [0.25, 0.3) is 0 Å². The lowest BCUT2D eigenvalue weighted by Crippen LogP contribution is -2.31. The lowest BCUT2D eigenvalue weighted by molar-refractivity contribution is 0.0926.